The number of ether oxygens (including phenoxy) is 2. The van der Waals surface area contributed by atoms with Crippen molar-refractivity contribution in [2.45, 2.75) is 45.9 Å². The first-order valence-corrected chi connectivity index (χ1v) is 9.67. The molecule has 8 heteroatoms. The summed E-state index contributed by atoms with van der Waals surface area (Å²) >= 11 is 0. The van der Waals surface area contributed by atoms with Crippen LogP contribution in [-0.4, -0.2) is 63.3 Å². The highest BCUT2D eigenvalue weighted by Gasteiger charge is 2.31. The molecule has 0 amide bonds. The van der Waals surface area contributed by atoms with Crippen LogP contribution in [0.3, 0.4) is 0 Å². The molecule has 28 heavy (non-hydrogen) atoms. The van der Waals surface area contributed by atoms with Gasteiger partial charge in [-0.3, -0.25) is 9.89 Å². The van der Waals surface area contributed by atoms with E-state index in [9.17, 15) is 8.78 Å². The lowest BCUT2D eigenvalue weighted by Crippen LogP contribution is -2.47. The summed E-state index contributed by atoms with van der Waals surface area (Å²) in [6.45, 7) is 6.47. The highest BCUT2D eigenvalue weighted by atomic mass is 19.3. The third kappa shape index (κ3) is 6.22. The quantitative estimate of drug-likeness (QED) is 0.521. The standard InChI is InChI=1S/C20H32F2N4O2/c1-13(2)26-11-14(3)16(12-26)25-20(23-4)24-9-8-15-6-7-17(27-5)18(10-15)28-19(21)22/h6-7,10,13-14,16,19H,8-9,11-12H2,1-5H3,(H2,23,24,25). The number of hydrogen-bond donors (Lipinski definition) is 2. The van der Waals surface area contributed by atoms with E-state index in [1.54, 1.807) is 19.2 Å². The summed E-state index contributed by atoms with van der Waals surface area (Å²) in [6, 6.07) is 5.95. The van der Waals surface area contributed by atoms with Gasteiger partial charge in [-0.15, -0.1) is 0 Å². The normalized spacial score (nSPS) is 20.7. The molecule has 0 aromatic heterocycles. The van der Waals surface area contributed by atoms with Crippen molar-refractivity contribution < 1.29 is 18.3 Å². The van der Waals surface area contributed by atoms with Crippen molar-refractivity contribution in [3.63, 3.8) is 0 Å². The third-order valence-electron chi connectivity index (χ3n) is 5.07. The molecule has 2 atom stereocenters. The summed E-state index contributed by atoms with van der Waals surface area (Å²) in [4.78, 5) is 6.76. The van der Waals surface area contributed by atoms with Crippen molar-refractivity contribution in [1.29, 1.82) is 0 Å². The maximum atomic E-state index is 12.6. The van der Waals surface area contributed by atoms with E-state index in [4.69, 9.17) is 4.74 Å². The lowest BCUT2D eigenvalue weighted by Gasteiger charge is -2.22. The second kappa shape index (κ2) is 10.5. The molecule has 2 rings (SSSR count). The van der Waals surface area contributed by atoms with Gasteiger partial charge in [0.05, 0.1) is 7.11 Å². The fourth-order valence-corrected chi connectivity index (χ4v) is 3.37. The number of benzene rings is 1. The molecule has 1 aromatic carbocycles. The molecule has 2 N–H and O–H groups in total. The Labute approximate surface area is 166 Å². The Balaban J connectivity index is 1.87. The number of halogens is 2. The monoisotopic (exact) mass is 398 g/mol. The molecule has 0 radical (unpaired) electrons. The van der Waals surface area contributed by atoms with E-state index < -0.39 is 6.61 Å². The van der Waals surface area contributed by atoms with Gasteiger partial charge in [0.15, 0.2) is 17.5 Å². The number of rotatable bonds is 8. The number of aliphatic imine (C=N–C) groups is 1. The average Bonchev–Trinajstić information content (AvgIpc) is 3.01. The summed E-state index contributed by atoms with van der Waals surface area (Å²) in [5.74, 6) is 1.63. The number of likely N-dealkylation sites (tertiary alicyclic amines) is 1. The van der Waals surface area contributed by atoms with Gasteiger partial charge in [-0.1, -0.05) is 13.0 Å². The minimum absolute atomic E-state index is 0.0473. The average molecular weight is 398 g/mol. The first-order valence-electron chi connectivity index (χ1n) is 9.67. The Morgan fingerprint density at radius 2 is 2.04 bits per heavy atom. The van der Waals surface area contributed by atoms with E-state index in [1.807, 2.05) is 6.07 Å². The Morgan fingerprint density at radius 3 is 2.61 bits per heavy atom. The first-order chi connectivity index (χ1) is 13.3. The van der Waals surface area contributed by atoms with Crippen molar-refractivity contribution in [2.24, 2.45) is 10.9 Å². The Bertz CT molecular complexity index is 655. The topological polar surface area (TPSA) is 58.1 Å². The van der Waals surface area contributed by atoms with Gasteiger partial charge in [0, 0.05) is 38.8 Å². The molecule has 1 aliphatic rings. The lowest BCUT2D eigenvalue weighted by molar-refractivity contribution is -0.0512. The lowest BCUT2D eigenvalue weighted by atomic mass is 10.1. The van der Waals surface area contributed by atoms with Crippen LogP contribution in [0.4, 0.5) is 8.78 Å². The first kappa shape index (κ1) is 22.2. The molecule has 1 fully saturated rings. The number of nitrogens with zero attached hydrogens (tertiary/aromatic N) is 2. The highest BCUT2D eigenvalue weighted by molar-refractivity contribution is 5.80. The van der Waals surface area contributed by atoms with E-state index in [1.165, 1.54) is 7.11 Å². The van der Waals surface area contributed by atoms with Crippen molar-refractivity contribution in [1.82, 2.24) is 15.5 Å². The predicted molar refractivity (Wildman–Crippen MR) is 107 cm³/mol. The van der Waals surface area contributed by atoms with Gasteiger partial charge in [-0.25, -0.2) is 0 Å². The molecule has 6 nitrogen and oxygen atoms in total. The molecule has 0 bridgehead atoms. The minimum atomic E-state index is -2.89. The van der Waals surface area contributed by atoms with Crippen LogP contribution in [0.25, 0.3) is 0 Å². The number of alkyl halides is 2. The van der Waals surface area contributed by atoms with Crippen molar-refractivity contribution in [3.05, 3.63) is 23.8 Å². The maximum Gasteiger partial charge on any atom is 0.387 e. The van der Waals surface area contributed by atoms with Crippen LogP contribution in [0.2, 0.25) is 0 Å². The Hall–Kier alpha value is -2.09. The van der Waals surface area contributed by atoms with Gasteiger partial charge in [-0.05, 0) is 43.9 Å². The molecule has 1 heterocycles. The van der Waals surface area contributed by atoms with Crippen LogP contribution in [0.1, 0.15) is 26.3 Å². The SMILES string of the molecule is CN=C(NCCc1ccc(OC)c(OC(F)F)c1)NC1CN(C(C)C)CC1C. The second-order valence-electron chi connectivity index (χ2n) is 7.39. The molecule has 1 aromatic rings. The zero-order chi connectivity index (χ0) is 20.7. The van der Waals surface area contributed by atoms with Crippen molar-refractivity contribution in [3.8, 4) is 11.5 Å². The summed E-state index contributed by atoms with van der Waals surface area (Å²) in [5, 5.41) is 6.79. The van der Waals surface area contributed by atoms with E-state index in [0.29, 0.717) is 36.7 Å². The van der Waals surface area contributed by atoms with Gasteiger partial charge < -0.3 is 20.1 Å². The summed E-state index contributed by atoms with van der Waals surface area (Å²) in [5.41, 5.74) is 0.875. The summed E-state index contributed by atoms with van der Waals surface area (Å²) in [7, 11) is 3.17. The van der Waals surface area contributed by atoms with Crippen LogP contribution >= 0.6 is 0 Å². The fourth-order valence-electron chi connectivity index (χ4n) is 3.37. The number of guanidine groups is 1. The zero-order valence-corrected chi connectivity index (χ0v) is 17.3. The highest BCUT2D eigenvalue weighted by Crippen LogP contribution is 2.29. The zero-order valence-electron chi connectivity index (χ0n) is 17.3. The summed E-state index contributed by atoms with van der Waals surface area (Å²) in [6.07, 6.45) is 0.641. The maximum absolute atomic E-state index is 12.6. The van der Waals surface area contributed by atoms with Gasteiger partial charge in [-0.2, -0.15) is 8.78 Å². The van der Waals surface area contributed by atoms with Crippen molar-refractivity contribution in [2.75, 3.05) is 33.8 Å². The van der Waals surface area contributed by atoms with Crippen LogP contribution in [0.15, 0.2) is 23.2 Å². The van der Waals surface area contributed by atoms with Crippen LogP contribution < -0.4 is 20.1 Å². The molecule has 158 valence electrons. The smallest absolute Gasteiger partial charge is 0.387 e. The Kier molecular flexibility index (Phi) is 8.29. The summed E-state index contributed by atoms with van der Waals surface area (Å²) < 4.78 is 34.7. The van der Waals surface area contributed by atoms with E-state index in [2.05, 4.69) is 46.0 Å². The fraction of sp³-hybridized carbons (Fsp3) is 0.650. The van der Waals surface area contributed by atoms with Crippen molar-refractivity contribution >= 4 is 5.96 Å². The van der Waals surface area contributed by atoms with Gasteiger partial charge in [0.25, 0.3) is 0 Å². The molecule has 2 unspecified atom stereocenters. The van der Waals surface area contributed by atoms with Gasteiger partial charge in [0.1, 0.15) is 0 Å². The van der Waals surface area contributed by atoms with Gasteiger partial charge in [0.2, 0.25) is 0 Å². The third-order valence-corrected chi connectivity index (χ3v) is 5.07. The predicted octanol–water partition coefficient (Wildman–Crippen LogP) is 2.73. The molecular formula is C20H32F2N4O2. The number of nitrogens with one attached hydrogen (secondary N) is 2. The molecule has 1 aliphatic heterocycles. The molecule has 0 spiro atoms. The molecule has 0 aliphatic carbocycles. The van der Waals surface area contributed by atoms with E-state index >= 15 is 0 Å². The molecule has 0 saturated carbocycles. The number of methoxy groups -OCH3 is 1. The van der Waals surface area contributed by atoms with Crippen LogP contribution in [0.5, 0.6) is 11.5 Å². The Morgan fingerprint density at radius 1 is 1.29 bits per heavy atom. The second-order valence-corrected chi connectivity index (χ2v) is 7.39. The van der Waals surface area contributed by atoms with Crippen LogP contribution in [0, 0.1) is 5.92 Å². The van der Waals surface area contributed by atoms with E-state index in [0.717, 1.165) is 24.6 Å². The number of hydrogen-bond acceptors (Lipinski definition) is 4. The minimum Gasteiger partial charge on any atom is -0.493 e. The van der Waals surface area contributed by atoms with E-state index in [-0.39, 0.29) is 5.75 Å². The molecule has 1 saturated heterocycles. The van der Waals surface area contributed by atoms with Crippen LogP contribution in [-0.2, 0) is 6.42 Å². The van der Waals surface area contributed by atoms with Gasteiger partial charge >= 0.3 is 6.61 Å². The largest absolute Gasteiger partial charge is 0.493 e. The molecular weight excluding hydrogens is 366 g/mol.